The SMILES string of the molecule is Nn1c(COc2ccc(Br)cc2)n[nH]c1=S. The highest BCUT2D eigenvalue weighted by Gasteiger charge is 2.03. The Morgan fingerprint density at radius 2 is 2.12 bits per heavy atom. The van der Waals surface area contributed by atoms with Crippen LogP contribution in [0.3, 0.4) is 0 Å². The molecule has 3 N–H and O–H groups in total. The fourth-order valence-corrected chi connectivity index (χ4v) is 1.53. The monoisotopic (exact) mass is 300 g/mol. The molecule has 1 aromatic heterocycles. The van der Waals surface area contributed by atoms with E-state index < -0.39 is 0 Å². The molecule has 7 heteroatoms. The number of nitrogens with one attached hydrogen (secondary N) is 1. The maximum atomic E-state index is 5.62. The van der Waals surface area contributed by atoms with Crippen molar-refractivity contribution in [3.05, 3.63) is 39.3 Å². The van der Waals surface area contributed by atoms with Crippen LogP contribution in [0.5, 0.6) is 5.75 Å². The molecule has 0 amide bonds. The van der Waals surface area contributed by atoms with E-state index in [1.54, 1.807) is 0 Å². The van der Waals surface area contributed by atoms with Gasteiger partial charge in [-0.25, -0.2) is 4.68 Å². The van der Waals surface area contributed by atoms with Gasteiger partial charge in [-0.15, -0.1) is 0 Å². The highest BCUT2D eigenvalue weighted by molar-refractivity contribution is 9.10. The van der Waals surface area contributed by atoms with E-state index in [2.05, 4.69) is 26.1 Å². The summed E-state index contributed by atoms with van der Waals surface area (Å²) in [6, 6.07) is 7.50. The molecule has 84 valence electrons. The van der Waals surface area contributed by atoms with Gasteiger partial charge in [0, 0.05) is 4.47 Å². The molecule has 0 bridgehead atoms. The summed E-state index contributed by atoms with van der Waals surface area (Å²) in [5, 5.41) is 6.52. The van der Waals surface area contributed by atoms with Crippen LogP contribution in [0, 0.1) is 4.77 Å². The number of ether oxygens (including phenoxy) is 1. The van der Waals surface area contributed by atoms with Crippen molar-refractivity contribution in [1.29, 1.82) is 0 Å². The molecule has 0 atom stereocenters. The van der Waals surface area contributed by atoms with E-state index in [0.717, 1.165) is 10.2 Å². The van der Waals surface area contributed by atoms with Crippen LogP contribution in [0.1, 0.15) is 5.82 Å². The van der Waals surface area contributed by atoms with Crippen molar-refractivity contribution in [3.63, 3.8) is 0 Å². The zero-order valence-electron chi connectivity index (χ0n) is 8.18. The summed E-state index contributed by atoms with van der Waals surface area (Å²) >= 11 is 8.23. The minimum absolute atomic E-state index is 0.269. The normalized spacial score (nSPS) is 10.3. The van der Waals surface area contributed by atoms with Crippen LogP contribution in [0.25, 0.3) is 0 Å². The van der Waals surface area contributed by atoms with Crippen LogP contribution in [0.15, 0.2) is 28.7 Å². The van der Waals surface area contributed by atoms with Crippen molar-refractivity contribution in [2.24, 2.45) is 0 Å². The van der Waals surface area contributed by atoms with Crippen LogP contribution in [0.4, 0.5) is 0 Å². The van der Waals surface area contributed by atoms with Gasteiger partial charge in [-0.1, -0.05) is 15.9 Å². The van der Waals surface area contributed by atoms with E-state index in [1.165, 1.54) is 4.68 Å². The molecule has 0 fully saturated rings. The predicted octanol–water partition coefficient (Wildman–Crippen LogP) is 2.00. The molecule has 0 spiro atoms. The summed E-state index contributed by atoms with van der Waals surface area (Å²) in [4.78, 5) is 0. The first-order valence-electron chi connectivity index (χ1n) is 4.46. The van der Waals surface area contributed by atoms with Gasteiger partial charge in [0.2, 0.25) is 4.77 Å². The number of aromatic nitrogens is 3. The number of hydrogen-bond donors (Lipinski definition) is 2. The lowest BCUT2D eigenvalue weighted by Gasteiger charge is -2.04. The van der Waals surface area contributed by atoms with Crippen molar-refractivity contribution in [3.8, 4) is 5.75 Å². The highest BCUT2D eigenvalue weighted by Crippen LogP contribution is 2.16. The largest absolute Gasteiger partial charge is 0.486 e. The first-order chi connectivity index (χ1) is 7.66. The fourth-order valence-electron chi connectivity index (χ4n) is 1.12. The number of nitrogen functional groups attached to an aromatic ring is 1. The minimum atomic E-state index is 0.269. The van der Waals surface area contributed by atoms with Gasteiger partial charge in [-0.2, -0.15) is 5.10 Å². The van der Waals surface area contributed by atoms with Gasteiger partial charge in [0.25, 0.3) is 0 Å². The molecule has 2 aromatic rings. The molecule has 0 aliphatic carbocycles. The van der Waals surface area contributed by atoms with Gasteiger partial charge in [-0.3, -0.25) is 5.10 Å². The summed E-state index contributed by atoms with van der Waals surface area (Å²) in [5.41, 5.74) is 0. The van der Waals surface area contributed by atoms with Gasteiger partial charge in [-0.05, 0) is 36.5 Å². The molecule has 0 aliphatic heterocycles. The third-order valence-corrected chi connectivity index (χ3v) is 2.78. The topological polar surface area (TPSA) is 68.9 Å². The van der Waals surface area contributed by atoms with Crippen molar-refractivity contribution < 1.29 is 4.74 Å². The molecule has 0 unspecified atom stereocenters. The molecular weight excluding hydrogens is 292 g/mol. The second-order valence-electron chi connectivity index (χ2n) is 3.06. The number of hydrogen-bond acceptors (Lipinski definition) is 4. The Balaban J connectivity index is 2.05. The standard InChI is InChI=1S/C9H9BrN4OS/c10-6-1-3-7(4-2-6)15-5-8-12-13-9(16)14(8)11/h1-4H,5,11H2,(H,13,16). The molecule has 1 heterocycles. The van der Waals surface area contributed by atoms with Crippen molar-refractivity contribution >= 4 is 28.1 Å². The lowest BCUT2D eigenvalue weighted by atomic mass is 10.3. The van der Waals surface area contributed by atoms with Gasteiger partial charge in [0.05, 0.1) is 0 Å². The van der Waals surface area contributed by atoms with Crippen LogP contribution in [-0.4, -0.2) is 14.9 Å². The second kappa shape index (κ2) is 4.67. The van der Waals surface area contributed by atoms with E-state index >= 15 is 0 Å². The Labute approximate surface area is 105 Å². The molecule has 0 aliphatic rings. The van der Waals surface area contributed by atoms with E-state index in [0.29, 0.717) is 10.6 Å². The first kappa shape index (κ1) is 11.2. The fraction of sp³-hybridized carbons (Fsp3) is 0.111. The Morgan fingerprint density at radius 3 is 2.69 bits per heavy atom. The van der Waals surface area contributed by atoms with Crippen LogP contribution >= 0.6 is 28.1 Å². The lowest BCUT2D eigenvalue weighted by Crippen LogP contribution is -2.14. The summed E-state index contributed by atoms with van der Waals surface area (Å²) in [6.45, 7) is 0.269. The Kier molecular flexibility index (Phi) is 3.25. The number of H-pyrrole nitrogens is 1. The zero-order chi connectivity index (χ0) is 11.5. The minimum Gasteiger partial charge on any atom is -0.486 e. The number of benzene rings is 1. The number of nitrogens with two attached hydrogens (primary N) is 1. The molecule has 0 saturated heterocycles. The lowest BCUT2D eigenvalue weighted by molar-refractivity contribution is 0.292. The van der Waals surface area contributed by atoms with Crippen molar-refractivity contribution in [2.75, 3.05) is 5.84 Å². The predicted molar refractivity (Wildman–Crippen MR) is 66.0 cm³/mol. The van der Waals surface area contributed by atoms with Crippen LogP contribution < -0.4 is 10.6 Å². The third-order valence-electron chi connectivity index (χ3n) is 1.96. The molecular formula is C9H9BrN4OS. The number of halogens is 1. The first-order valence-corrected chi connectivity index (χ1v) is 5.66. The van der Waals surface area contributed by atoms with Crippen LogP contribution in [-0.2, 0) is 6.61 Å². The Hall–Kier alpha value is -1.34. The maximum Gasteiger partial charge on any atom is 0.214 e. The summed E-state index contributed by atoms with van der Waals surface area (Å²) in [7, 11) is 0. The molecule has 5 nitrogen and oxygen atoms in total. The van der Waals surface area contributed by atoms with Gasteiger partial charge < -0.3 is 10.6 Å². The summed E-state index contributed by atoms with van der Waals surface area (Å²) < 4.78 is 8.15. The Morgan fingerprint density at radius 1 is 1.44 bits per heavy atom. The smallest absolute Gasteiger partial charge is 0.214 e. The average molecular weight is 301 g/mol. The third kappa shape index (κ3) is 2.42. The van der Waals surface area contributed by atoms with E-state index in [9.17, 15) is 0 Å². The molecule has 0 saturated carbocycles. The van der Waals surface area contributed by atoms with E-state index in [-0.39, 0.29) is 6.61 Å². The van der Waals surface area contributed by atoms with Crippen molar-refractivity contribution in [1.82, 2.24) is 14.9 Å². The van der Waals surface area contributed by atoms with Gasteiger partial charge >= 0.3 is 0 Å². The summed E-state index contributed by atoms with van der Waals surface area (Å²) in [6.07, 6.45) is 0. The average Bonchev–Trinajstić information content (AvgIpc) is 2.60. The molecule has 0 radical (unpaired) electrons. The van der Waals surface area contributed by atoms with Gasteiger partial charge in [0.1, 0.15) is 12.4 Å². The zero-order valence-corrected chi connectivity index (χ0v) is 10.6. The molecule has 1 aromatic carbocycles. The van der Waals surface area contributed by atoms with Gasteiger partial charge in [0.15, 0.2) is 5.82 Å². The Bertz CT molecular complexity index is 533. The highest BCUT2D eigenvalue weighted by atomic mass is 79.9. The number of aromatic amines is 1. The van der Waals surface area contributed by atoms with E-state index in [1.807, 2.05) is 24.3 Å². The summed E-state index contributed by atoms with van der Waals surface area (Å²) in [5.74, 6) is 6.92. The maximum absolute atomic E-state index is 5.62. The second-order valence-corrected chi connectivity index (χ2v) is 4.36. The molecule has 16 heavy (non-hydrogen) atoms. The van der Waals surface area contributed by atoms with Crippen LogP contribution in [0.2, 0.25) is 0 Å². The number of rotatable bonds is 3. The molecule has 2 rings (SSSR count). The van der Waals surface area contributed by atoms with Crippen molar-refractivity contribution in [2.45, 2.75) is 6.61 Å². The van der Waals surface area contributed by atoms with E-state index in [4.69, 9.17) is 22.8 Å². The number of nitrogens with zero attached hydrogens (tertiary/aromatic N) is 2. The quantitative estimate of drug-likeness (QED) is 0.672.